The topological polar surface area (TPSA) is 57.7 Å². The van der Waals surface area contributed by atoms with E-state index in [0.717, 1.165) is 6.26 Å². The second kappa shape index (κ2) is 8.42. The molecule has 0 atom stereocenters. The summed E-state index contributed by atoms with van der Waals surface area (Å²) in [5.74, 6) is -0.573. The molecule has 0 bridgehead atoms. The van der Waals surface area contributed by atoms with Gasteiger partial charge in [-0.05, 0) is 56.1 Å². The first-order valence-corrected chi connectivity index (χ1v) is 10.0. The van der Waals surface area contributed by atoms with Crippen molar-refractivity contribution >= 4 is 15.7 Å². The van der Waals surface area contributed by atoms with Gasteiger partial charge in [0.25, 0.3) is 5.91 Å². The Morgan fingerprint density at radius 2 is 1.69 bits per heavy atom. The van der Waals surface area contributed by atoms with Crippen molar-refractivity contribution in [2.75, 3.05) is 33.4 Å². The molecule has 0 N–H and O–H groups in total. The van der Waals surface area contributed by atoms with Crippen LogP contribution in [-0.4, -0.2) is 57.6 Å². The number of hydrogen-bond acceptors (Lipinski definition) is 4. The third-order valence-corrected chi connectivity index (χ3v) is 5.02. The molecule has 1 amide bonds. The maximum atomic E-state index is 13.4. The number of carbonyl (C=O) groups excluding carboxylic acids is 1. The van der Waals surface area contributed by atoms with E-state index in [4.69, 9.17) is 0 Å². The second-order valence-corrected chi connectivity index (χ2v) is 8.47. The van der Waals surface area contributed by atoms with Crippen LogP contribution in [0.25, 0.3) is 0 Å². The van der Waals surface area contributed by atoms with Crippen molar-refractivity contribution in [2.45, 2.75) is 11.4 Å². The van der Waals surface area contributed by atoms with Gasteiger partial charge in [-0.25, -0.2) is 12.8 Å². The number of nitrogens with zero attached hydrogens (tertiary/aromatic N) is 2. The second-order valence-electron chi connectivity index (χ2n) is 6.46. The van der Waals surface area contributed by atoms with Gasteiger partial charge in [0.1, 0.15) is 5.82 Å². The van der Waals surface area contributed by atoms with Gasteiger partial charge in [0.15, 0.2) is 9.84 Å². The fourth-order valence-electron chi connectivity index (χ4n) is 2.46. The zero-order valence-electron chi connectivity index (χ0n) is 15.1. The monoisotopic (exact) mass is 378 g/mol. The highest BCUT2D eigenvalue weighted by Crippen LogP contribution is 2.15. The molecule has 140 valence electrons. The first kappa shape index (κ1) is 20.1. The fraction of sp³-hybridized carbons (Fsp3) is 0.316. The van der Waals surface area contributed by atoms with Crippen LogP contribution < -0.4 is 0 Å². The van der Waals surface area contributed by atoms with Crippen molar-refractivity contribution in [2.24, 2.45) is 0 Å². The lowest BCUT2D eigenvalue weighted by Gasteiger charge is -2.25. The Balaban J connectivity index is 2.24. The van der Waals surface area contributed by atoms with Crippen LogP contribution in [0, 0.1) is 5.82 Å². The number of sulfone groups is 1. The molecule has 0 saturated carbocycles. The van der Waals surface area contributed by atoms with Crippen LogP contribution in [0.15, 0.2) is 53.4 Å². The van der Waals surface area contributed by atoms with Crippen LogP contribution in [0.2, 0.25) is 0 Å². The zero-order chi connectivity index (χ0) is 19.3. The Labute approximate surface area is 154 Å². The molecule has 0 saturated heterocycles. The number of carbonyl (C=O) groups is 1. The van der Waals surface area contributed by atoms with Gasteiger partial charge in [-0.3, -0.25) is 4.79 Å². The van der Waals surface area contributed by atoms with Gasteiger partial charge in [0.05, 0.1) is 4.90 Å². The first-order chi connectivity index (χ1) is 12.2. The standard InChI is InChI=1S/C19H23FN2O3S/c1-21(2)11-12-22(14-15-5-4-6-17(20)13-15)19(23)16-7-9-18(10-8-16)26(3,24)25/h4-10,13H,11-12,14H2,1-3H3. The van der Waals surface area contributed by atoms with Crippen LogP contribution in [-0.2, 0) is 16.4 Å². The average molecular weight is 378 g/mol. The smallest absolute Gasteiger partial charge is 0.254 e. The molecule has 0 aliphatic heterocycles. The molecule has 0 heterocycles. The lowest BCUT2D eigenvalue weighted by molar-refractivity contribution is 0.0731. The quantitative estimate of drug-likeness (QED) is 0.743. The SMILES string of the molecule is CN(C)CCN(Cc1cccc(F)c1)C(=O)c1ccc(S(C)(=O)=O)cc1. The molecule has 0 fully saturated rings. The Morgan fingerprint density at radius 3 is 2.23 bits per heavy atom. The summed E-state index contributed by atoms with van der Waals surface area (Å²) in [6.07, 6.45) is 1.12. The number of likely N-dealkylation sites (N-methyl/N-ethyl adjacent to an activating group) is 1. The zero-order valence-corrected chi connectivity index (χ0v) is 16.0. The third kappa shape index (κ3) is 5.64. The Kier molecular flexibility index (Phi) is 6.50. The Morgan fingerprint density at radius 1 is 1.04 bits per heavy atom. The van der Waals surface area contributed by atoms with E-state index >= 15 is 0 Å². The van der Waals surface area contributed by atoms with E-state index in [2.05, 4.69) is 0 Å². The van der Waals surface area contributed by atoms with Crippen molar-refractivity contribution in [1.82, 2.24) is 9.80 Å². The molecular formula is C19H23FN2O3S. The average Bonchev–Trinajstić information content (AvgIpc) is 2.57. The highest BCUT2D eigenvalue weighted by molar-refractivity contribution is 7.90. The van der Waals surface area contributed by atoms with Crippen LogP contribution >= 0.6 is 0 Å². The van der Waals surface area contributed by atoms with Gasteiger partial charge in [-0.2, -0.15) is 0 Å². The Hall–Kier alpha value is -2.25. The summed E-state index contributed by atoms with van der Waals surface area (Å²) in [7, 11) is 0.503. The van der Waals surface area contributed by atoms with E-state index in [1.165, 1.54) is 36.4 Å². The largest absolute Gasteiger partial charge is 0.333 e. The fourth-order valence-corrected chi connectivity index (χ4v) is 3.09. The molecule has 0 unspecified atom stereocenters. The van der Waals surface area contributed by atoms with Gasteiger partial charge < -0.3 is 9.80 Å². The highest BCUT2D eigenvalue weighted by Gasteiger charge is 2.17. The number of benzene rings is 2. The highest BCUT2D eigenvalue weighted by atomic mass is 32.2. The van der Waals surface area contributed by atoms with Gasteiger partial charge >= 0.3 is 0 Å². The summed E-state index contributed by atoms with van der Waals surface area (Å²) in [5, 5.41) is 0. The molecule has 0 aliphatic carbocycles. The van der Waals surface area contributed by atoms with Crippen LogP contribution in [0.4, 0.5) is 4.39 Å². The van der Waals surface area contributed by atoms with Crippen molar-refractivity contribution in [3.63, 3.8) is 0 Å². The van der Waals surface area contributed by atoms with E-state index in [1.807, 2.05) is 19.0 Å². The molecule has 26 heavy (non-hydrogen) atoms. The number of rotatable bonds is 7. The summed E-state index contributed by atoms with van der Waals surface area (Å²) >= 11 is 0. The number of hydrogen-bond donors (Lipinski definition) is 0. The molecule has 5 nitrogen and oxygen atoms in total. The van der Waals surface area contributed by atoms with Crippen molar-refractivity contribution < 1.29 is 17.6 Å². The van der Waals surface area contributed by atoms with Gasteiger partial charge in [0.2, 0.25) is 0 Å². The maximum Gasteiger partial charge on any atom is 0.254 e. The third-order valence-electron chi connectivity index (χ3n) is 3.90. The maximum absolute atomic E-state index is 13.4. The van der Waals surface area contributed by atoms with E-state index in [9.17, 15) is 17.6 Å². The van der Waals surface area contributed by atoms with E-state index in [1.54, 1.807) is 17.0 Å². The molecule has 0 spiro atoms. The van der Waals surface area contributed by atoms with E-state index in [0.29, 0.717) is 24.2 Å². The number of halogens is 1. The molecule has 0 radical (unpaired) electrons. The van der Waals surface area contributed by atoms with Gasteiger partial charge in [-0.1, -0.05) is 12.1 Å². The lowest BCUT2D eigenvalue weighted by atomic mass is 10.1. The first-order valence-electron chi connectivity index (χ1n) is 8.15. The molecule has 7 heteroatoms. The van der Waals surface area contributed by atoms with Gasteiger partial charge in [0, 0.05) is 31.5 Å². The van der Waals surface area contributed by atoms with Crippen molar-refractivity contribution in [1.29, 1.82) is 0 Å². The summed E-state index contributed by atoms with van der Waals surface area (Å²) in [6, 6.07) is 12.0. The van der Waals surface area contributed by atoms with E-state index in [-0.39, 0.29) is 23.2 Å². The predicted octanol–water partition coefficient (Wildman–Crippen LogP) is 2.43. The molecule has 0 aliphatic rings. The van der Waals surface area contributed by atoms with Crippen molar-refractivity contribution in [3.8, 4) is 0 Å². The van der Waals surface area contributed by atoms with Crippen molar-refractivity contribution in [3.05, 3.63) is 65.5 Å². The molecule has 2 aromatic rings. The minimum atomic E-state index is -3.31. The van der Waals surface area contributed by atoms with Gasteiger partial charge in [-0.15, -0.1) is 0 Å². The van der Waals surface area contributed by atoms with Crippen LogP contribution in [0.5, 0.6) is 0 Å². The molecule has 0 aromatic heterocycles. The molecule has 2 rings (SSSR count). The lowest BCUT2D eigenvalue weighted by Crippen LogP contribution is -2.36. The number of amides is 1. The minimum absolute atomic E-state index is 0.166. The van der Waals surface area contributed by atoms with Crippen LogP contribution in [0.3, 0.4) is 0 Å². The van der Waals surface area contributed by atoms with E-state index < -0.39 is 9.84 Å². The summed E-state index contributed by atoms with van der Waals surface area (Å²) in [4.78, 5) is 16.6. The Bertz CT molecular complexity index is 865. The minimum Gasteiger partial charge on any atom is -0.333 e. The van der Waals surface area contributed by atoms with Crippen LogP contribution in [0.1, 0.15) is 15.9 Å². The summed E-state index contributed by atoms with van der Waals surface area (Å²) in [5.41, 5.74) is 1.09. The summed E-state index contributed by atoms with van der Waals surface area (Å²) in [6.45, 7) is 1.40. The molecule has 2 aromatic carbocycles. The summed E-state index contributed by atoms with van der Waals surface area (Å²) < 4.78 is 36.6. The normalized spacial score (nSPS) is 11.6. The molecular weight excluding hydrogens is 355 g/mol. The predicted molar refractivity (Wildman–Crippen MR) is 99.2 cm³/mol.